The monoisotopic (exact) mass is 224 g/mol. The highest BCUT2D eigenvalue weighted by atomic mass is 16.2. The second-order valence-corrected chi connectivity index (χ2v) is 3.94. The molecule has 1 heterocycles. The first-order valence-corrected chi connectivity index (χ1v) is 4.96. The number of hydrogen-bond donors (Lipinski definition) is 4. The summed E-state index contributed by atoms with van der Waals surface area (Å²) < 4.78 is 0. The largest absolute Gasteiger partial charge is 0.397 e. The maximum atomic E-state index is 11.7. The van der Waals surface area contributed by atoms with Gasteiger partial charge in [-0.25, -0.2) is 0 Å². The highest BCUT2D eigenvalue weighted by molar-refractivity contribution is 5.96. The van der Waals surface area contributed by atoms with Crippen LogP contribution in [0.2, 0.25) is 0 Å². The van der Waals surface area contributed by atoms with Crippen LogP contribution in [0.3, 0.4) is 0 Å². The van der Waals surface area contributed by atoms with E-state index in [2.05, 4.69) is 10.3 Å². The Balaban J connectivity index is 2.73. The molecule has 1 unspecified atom stereocenters. The van der Waals surface area contributed by atoms with E-state index in [0.717, 1.165) is 0 Å². The van der Waals surface area contributed by atoms with Crippen molar-refractivity contribution in [2.24, 2.45) is 11.7 Å². The van der Waals surface area contributed by atoms with Crippen molar-refractivity contribution in [3.63, 3.8) is 0 Å². The number of amides is 2. The maximum Gasteiger partial charge on any atom is 0.268 e. The molecule has 0 fully saturated rings. The Hall–Kier alpha value is -1.98. The number of carbonyl (C=O) groups excluding carboxylic acids is 2. The summed E-state index contributed by atoms with van der Waals surface area (Å²) in [6.45, 7) is 3.61. The van der Waals surface area contributed by atoms with E-state index in [1.807, 2.05) is 0 Å². The minimum Gasteiger partial charge on any atom is -0.397 e. The van der Waals surface area contributed by atoms with Gasteiger partial charge in [0.25, 0.3) is 5.91 Å². The SMILES string of the molecule is CC(C)C(NC(=O)c1cc(N)c[nH]1)C(N)=O. The third-order valence-corrected chi connectivity index (χ3v) is 2.21. The first-order chi connectivity index (χ1) is 7.41. The molecule has 1 aromatic heterocycles. The second kappa shape index (κ2) is 4.69. The number of nitrogens with two attached hydrogens (primary N) is 2. The van der Waals surface area contributed by atoms with E-state index in [1.54, 1.807) is 13.8 Å². The van der Waals surface area contributed by atoms with Gasteiger partial charge in [-0.1, -0.05) is 13.8 Å². The summed E-state index contributed by atoms with van der Waals surface area (Å²) >= 11 is 0. The second-order valence-electron chi connectivity index (χ2n) is 3.94. The maximum absolute atomic E-state index is 11.7. The minimum atomic E-state index is -0.683. The number of carbonyl (C=O) groups is 2. The number of nitrogens with one attached hydrogen (secondary N) is 2. The van der Waals surface area contributed by atoms with Crippen molar-refractivity contribution in [2.45, 2.75) is 19.9 Å². The van der Waals surface area contributed by atoms with E-state index in [4.69, 9.17) is 11.5 Å². The zero-order valence-electron chi connectivity index (χ0n) is 9.28. The summed E-state index contributed by atoms with van der Waals surface area (Å²) in [6, 6.07) is 0.810. The van der Waals surface area contributed by atoms with Gasteiger partial charge in [0.2, 0.25) is 5.91 Å². The number of primary amides is 1. The highest BCUT2D eigenvalue weighted by Gasteiger charge is 2.22. The Morgan fingerprint density at radius 2 is 2.06 bits per heavy atom. The van der Waals surface area contributed by atoms with Gasteiger partial charge in [-0.2, -0.15) is 0 Å². The molecule has 1 rings (SSSR count). The number of anilines is 1. The van der Waals surface area contributed by atoms with Crippen molar-refractivity contribution in [2.75, 3.05) is 5.73 Å². The Bertz CT molecular complexity index is 397. The van der Waals surface area contributed by atoms with E-state index in [1.165, 1.54) is 12.3 Å². The van der Waals surface area contributed by atoms with Crippen LogP contribution in [0.1, 0.15) is 24.3 Å². The van der Waals surface area contributed by atoms with Crippen molar-refractivity contribution >= 4 is 17.5 Å². The smallest absolute Gasteiger partial charge is 0.268 e. The molecule has 0 aromatic carbocycles. The van der Waals surface area contributed by atoms with Crippen LogP contribution in [0.5, 0.6) is 0 Å². The molecule has 6 nitrogen and oxygen atoms in total. The number of rotatable bonds is 4. The third kappa shape index (κ3) is 2.75. The van der Waals surface area contributed by atoms with Crippen LogP contribution in [0, 0.1) is 5.92 Å². The quantitative estimate of drug-likeness (QED) is 0.569. The number of aromatic amines is 1. The Morgan fingerprint density at radius 1 is 1.44 bits per heavy atom. The average molecular weight is 224 g/mol. The normalized spacial score (nSPS) is 12.4. The predicted octanol–water partition coefficient (Wildman–Crippen LogP) is -0.163. The molecule has 1 aromatic rings. The third-order valence-electron chi connectivity index (χ3n) is 2.21. The predicted molar refractivity (Wildman–Crippen MR) is 60.5 cm³/mol. The van der Waals surface area contributed by atoms with Gasteiger partial charge in [-0.05, 0) is 12.0 Å². The van der Waals surface area contributed by atoms with Crippen LogP contribution in [0.15, 0.2) is 12.3 Å². The fourth-order valence-electron chi connectivity index (χ4n) is 1.33. The fourth-order valence-corrected chi connectivity index (χ4v) is 1.33. The molecule has 6 heteroatoms. The fraction of sp³-hybridized carbons (Fsp3) is 0.400. The molecule has 0 aliphatic heterocycles. The summed E-state index contributed by atoms with van der Waals surface area (Å²) in [4.78, 5) is 25.5. The van der Waals surface area contributed by atoms with Gasteiger partial charge in [0, 0.05) is 11.9 Å². The number of hydrogen-bond acceptors (Lipinski definition) is 3. The number of H-pyrrole nitrogens is 1. The zero-order valence-corrected chi connectivity index (χ0v) is 9.28. The summed E-state index contributed by atoms with van der Waals surface area (Å²) in [5.41, 5.74) is 11.4. The highest BCUT2D eigenvalue weighted by Crippen LogP contribution is 2.06. The average Bonchev–Trinajstić information content (AvgIpc) is 2.59. The van der Waals surface area contributed by atoms with Gasteiger partial charge in [0.05, 0.1) is 0 Å². The molecule has 0 saturated carbocycles. The number of nitrogen functional groups attached to an aromatic ring is 1. The molecule has 0 saturated heterocycles. The van der Waals surface area contributed by atoms with Crippen LogP contribution in [0.25, 0.3) is 0 Å². The van der Waals surface area contributed by atoms with Crippen LogP contribution in [-0.4, -0.2) is 22.8 Å². The Morgan fingerprint density at radius 3 is 2.44 bits per heavy atom. The van der Waals surface area contributed by atoms with Crippen LogP contribution in [-0.2, 0) is 4.79 Å². The van der Waals surface area contributed by atoms with Crippen LogP contribution in [0.4, 0.5) is 5.69 Å². The Labute approximate surface area is 93.4 Å². The lowest BCUT2D eigenvalue weighted by Gasteiger charge is -2.18. The molecule has 16 heavy (non-hydrogen) atoms. The van der Waals surface area contributed by atoms with Gasteiger partial charge >= 0.3 is 0 Å². The lowest BCUT2D eigenvalue weighted by molar-refractivity contribution is -0.120. The summed E-state index contributed by atoms with van der Waals surface area (Å²) in [5.74, 6) is -1.01. The molecule has 0 aliphatic carbocycles. The van der Waals surface area contributed by atoms with Crippen molar-refractivity contribution in [3.05, 3.63) is 18.0 Å². The molecular formula is C10H16N4O2. The summed E-state index contributed by atoms with van der Waals surface area (Å²) in [5, 5.41) is 2.55. The molecule has 6 N–H and O–H groups in total. The first kappa shape index (κ1) is 12.1. The van der Waals surface area contributed by atoms with Crippen molar-refractivity contribution in [1.82, 2.24) is 10.3 Å². The van der Waals surface area contributed by atoms with Crippen LogP contribution >= 0.6 is 0 Å². The summed E-state index contributed by atoms with van der Waals surface area (Å²) in [7, 11) is 0. The van der Waals surface area contributed by atoms with E-state index >= 15 is 0 Å². The van der Waals surface area contributed by atoms with E-state index in [9.17, 15) is 9.59 Å². The van der Waals surface area contributed by atoms with Gasteiger partial charge < -0.3 is 21.8 Å². The van der Waals surface area contributed by atoms with Crippen LogP contribution < -0.4 is 16.8 Å². The van der Waals surface area contributed by atoms with Crippen molar-refractivity contribution in [1.29, 1.82) is 0 Å². The summed E-state index contributed by atoms with van der Waals surface area (Å²) in [6.07, 6.45) is 1.50. The van der Waals surface area contributed by atoms with Gasteiger partial charge in [0.15, 0.2) is 0 Å². The van der Waals surface area contributed by atoms with E-state index < -0.39 is 17.9 Å². The van der Waals surface area contributed by atoms with E-state index in [-0.39, 0.29) is 5.92 Å². The van der Waals surface area contributed by atoms with E-state index in [0.29, 0.717) is 11.4 Å². The van der Waals surface area contributed by atoms with Gasteiger partial charge in [-0.15, -0.1) is 0 Å². The molecule has 0 bridgehead atoms. The first-order valence-electron chi connectivity index (χ1n) is 4.96. The molecule has 0 spiro atoms. The zero-order chi connectivity index (χ0) is 12.3. The molecule has 2 amide bonds. The lowest BCUT2D eigenvalue weighted by atomic mass is 10.0. The molecule has 0 radical (unpaired) electrons. The Kier molecular flexibility index (Phi) is 3.55. The number of aromatic nitrogens is 1. The molecular weight excluding hydrogens is 208 g/mol. The topological polar surface area (TPSA) is 114 Å². The minimum absolute atomic E-state index is 0.0613. The van der Waals surface area contributed by atoms with Crippen molar-refractivity contribution in [3.8, 4) is 0 Å². The van der Waals surface area contributed by atoms with Gasteiger partial charge in [0.1, 0.15) is 11.7 Å². The molecule has 1 atom stereocenters. The molecule has 0 aliphatic rings. The van der Waals surface area contributed by atoms with Gasteiger partial charge in [-0.3, -0.25) is 9.59 Å². The standard InChI is InChI=1S/C10H16N4O2/c1-5(2)8(9(12)15)14-10(16)7-3-6(11)4-13-7/h3-5,8,13H,11H2,1-2H3,(H2,12,15)(H,14,16). The molecule has 88 valence electrons. The lowest BCUT2D eigenvalue weighted by Crippen LogP contribution is -2.47. The van der Waals surface area contributed by atoms with Crippen molar-refractivity contribution < 1.29 is 9.59 Å².